The molecular weight excluding hydrogens is 232 g/mol. The van der Waals surface area contributed by atoms with Crippen molar-refractivity contribution in [1.82, 2.24) is 0 Å². The molecule has 4 rings (SSSR count). The van der Waals surface area contributed by atoms with Crippen LogP contribution in [0.25, 0.3) is 0 Å². The first-order valence-electron chi connectivity index (χ1n) is 8.77. The highest BCUT2D eigenvalue weighted by Crippen LogP contribution is 2.54. The molecule has 0 aromatic rings. The Morgan fingerprint density at radius 3 is 2.63 bits per heavy atom. The Bertz CT molecular complexity index is 364. The summed E-state index contributed by atoms with van der Waals surface area (Å²) in [6, 6.07) is 0. The van der Waals surface area contributed by atoms with Crippen LogP contribution in [-0.2, 0) is 4.74 Å². The molecule has 0 aromatic heterocycles. The molecule has 3 aliphatic carbocycles. The zero-order chi connectivity index (χ0) is 12.7. The highest BCUT2D eigenvalue weighted by molar-refractivity contribution is 5.24. The molecule has 3 fully saturated rings. The minimum absolute atomic E-state index is 0.267. The fourth-order valence-electron chi connectivity index (χ4n) is 5.50. The van der Waals surface area contributed by atoms with Crippen molar-refractivity contribution in [2.75, 3.05) is 0 Å². The van der Waals surface area contributed by atoms with Gasteiger partial charge in [-0.05, 0) is 44.9 Å². The smallest absolute Gasteiger partial charge is 0.0751 e. The van der Waals surface area contributed by atoms with Crippen LogP contribution in [0.3, 0.4) is 0 Å². The molecule has 0 radical (unpaired) electrons. The van der Waals surface area contributed by atoms with Crippen LogP contribution in [0.1, 0.15) is 77.0 Å². The summed E-state index contributed by atoms with van der Waals surface area (Å²) in [6.07, 6.45) is 19.9. The zero-order valence-corrected chi connectivity index (χ0v) is 12.2. The topological polar surface area (TPSA) is 9.23 Å². The summed E-state index contributed by atoms with van der Waals surface area (Å²) >= 11 is 0. The van der Waals surface area contributed by atoms with Crippen molar-refractivity contribution in [2.45, 2.75) is 88.8 Å². The van der Waals surface area contributed by atoms with E-state index in [1.54, 1.807) is 0 Å². The van der Waals surface area contributed by atoms with E-state index in [9.17, 15) is 0 Å². The lowest BCUT2D eigenvalue weighted by atomic mass is 9.61. The molecule has 0 bridgehead atoms. The monoisotopic (exact) mass is 260 g/mol. The van der Waals surface area contributed by atoms with E-state index < -0.39 is 0 Å². The zero-order valence-electron chi connectivity index (χ0n) is 12.2. The quantitative estimate of drug-likeness (QED) is 0.557. The van der Waals surface area contributed by atoms with Gasteiger partial charge in [0.15, 0.2) is 0 Å². The Morgan fingerprint density at radius 1 is 0.895 bits per heavy atom. The number of ether oxygens (including phenoxy) is 1. The van der Waals surface area contributed by atoms with Gasteiger partial charge in [0, 0.05) is 11.8 Å². The van der Waals surface area contributed by atoms with Crippen molar-refractivity contribution in [3.05, 3.63) is 11.6 Å². The Morgan fingerprint density at radius 2 is 1.74 bits per heavy atom. The molecule has 0 unspecified atom stereocenters. The molecule has 19 heavy (non-hydrogen) atoms. The number of fused-ring (bicyclic) bond motifs is 4. The minimum atomic E-state index is 0.267. The van der Waals surface area contributed by atoms with Crippen molar-refractivity contribution >= 4 is 0 Å². The number of hydrogen-bond acceptors (Lipinski definition) is 1. The molecule has 2 saturated carbocycles. The molecule has 1 saturated heterocycles. The van der Waals surface area contributed by atoms with Crippen LogP contribution in [0.2, 0.25) is 0 Å². The third-order valence-corrected chi connectivity index (χ3v) is 6.33. The van der Waals surface area contributed by atoms with Crippen molar-refractivity contribution in [3.8, 4) is 0 Å². The first-order valence-corrected chi connectivity index (χ1v) is 8.77. The SMILES string of the molecule is C1=C2[C@H]3CCCC[C@@H]3OC3(CCCCC3)[C@@H]2CCC1. The third-order valence-electron chi connectivity index (χ3n) is 6.33. The second kappa shape index (κ2) is 4.91. The Kier molecular flexibility index (Phi) is 3.22. The summed E-state index contributed by atoms with van der Waals surface area (Å²) < 4.78 is 6.85. The Balaban J connectivity index is 1.69. The molecule has 106 valence electrons. The minimum Gasteiger partial charge on any atom is -0.371 e. The Hall–Kier alpha value is -0.300. The molecule has 1 heteroatoms. The van der Waals surface area contributed by atoms with Gasteiger partial charge >= 0.3 is 0 Å². The molecule has 0 N–H and O–H groups in total. The third kappa shape index (κ3) is 2.00. The largest absolute Gasteiger partial charge is 0.371 e. The maximum atomic E-state index is 6.85. The highest BCUT2D eigenvalue weighted by atomic mass is 16.5. The highest BCUT2D eigenvalue weighted by Gasteiger charge is 2.51. The lowest BCUT2D eigenvalue weighted by molar-refractivity contribution is -0.188. The fourth-order valence-corrected chi connectivity index (χ4v) is 5.50. The average Bonchev–Trinajstić information content (AvgIpc) is 2.49. The van der Waals surface area contributed by atoms with Gasteiger partial charge in [0.05, 0.1) is 11.7 Å². The van der Waals surface area contributed by atoms with Crippen molar-refractivity contribution in [3.63, 3.8) is 0 Å². The normalized spacial score (nSPS) is 41.3. The molecule has 1 heterocycles. The molecule has 0 aromatic carbocycles. The van der Waals surface area contributed by atoms with E-state index in [0.717, 1.165) is 11.8 Å². The lowest BCUT2D eigenvalue weighted by Crippen LogP contribution is -2.54. The van der Waals surface area contributed by atoms with Crippen LogP contribution in [-0.4, -0.2) is 11.7 Å². The maximum absolute atomic E-state index is 6.85. The fraction of sp³-hybridized carbons (Fsp3) is 0.889. The molecule has 1 spiro atoms. The van der Waals surface area contributed by atoms with Gasteiger partial charge in [-0.1, -0.05) is 43.8 Å². The van der Waals surface area contributed by atoms with Gasteiger partial charge in [0.1, 0.15) is 0 Å². The first kappa shape index (κ1) is 12.4. The van der Waals surface area contributed by atoms with Crippen LogP contribution >= 0.6 is 0 Å². The van der Waals surface area contributed by atoms with Crippen molar-refractivity contribution < 1.29 is 4.74 Å². The molecule has 1 aliphatic heterocycles. The maximum Gasteiger partial charge on any atom is 0.0751 e. The van der Waals surface area contributed by atoms with Gasteiger partial charge in [0.25, 0.3) is 0 Å². The summed E-state index contributed by atoms with van der Waals surface area (Å²) in [6.45, 7) is 0. The van der Waals surface area contributed by atoms with E-state index in [1.807, 2.05) is 5.57 Å². The van der Waals surface area contributed by atoms with E-state index in [-0.39, 0.29) is 5.60 Å². The summed E-state index contributed by atoms with van der Waals surface area (Å²) in [5.74, 6) is 1.59. The van der Waals surface area contributed by atoms with Crippen molar-refractivity contribution in [1.29, 1.82) is 0 Å². The van der Waals surface area contributed by atoms with Crippen LogP contribution in [0.15, 0.2) is 11.6 Å². The number of allylic oxidation sites excluding steroid dienone is 1. The molecule has 1 nitrogen and oxygen atoms in total. The molecule has 0 amide bonds. The predicted octanol–water partition coefficient (Wildman–Crippen LogP) is 5.00. The van der Waals surface area contributed by atoms with E-state index in [0.29, 0.717) is 6.10 Å². The number of rotatable bonds is 0. The number of hydrogen-bond donors (Lipinski definition) is 0. The summed E-state index contributed by atoms with van der Waals surface area (Å²) in [5.41, 5.74) is 2.12. The van der Waals surface area contributed by atoms with E-state index in [4.69, 9.17) is 4.74 Å². The second-order valence-electron chi connectivity index (χ2n) is 7.36. The molecular formula is C18H28O. The Labute approximate surface area is 117 Å². The summed E-state index contributed by atoms with van der Waals surface area (Å²) in [7, 11) is 0. The van der Waals surface area contributed by atoms with Crippen molar-refractivity contribution in [2.24, 2.45) is 11.8 Å². The summed E-state index contributed by atoms with van der Waals surface area (Å²) in [4.78, 5) is 0. The van der Waals surface area contributed by atoms with Crippen LogP contribution in [0.5, 0.6) is 0 Å². The average molecular weight is 260 g/mol. The predicted molar refractivity (Wildman–Crippen MR) is 78.1 cm³/mol. The van der Waals surface area contributed by atoms with E-state index in [1.165, 1.54) is 77.0 Å². The second-order valence-corrected chi connectivity index (χ2v) is 7.36. The van der Waals surface area contributed by atoms with Gasteiger partial charge < -0.3 is 4.74 Å². The lowest BCUT2D eigenvalue weighted by Gasteiger charge is -2.55. The van der Waals surface area contributed by atoms with Crippen LogP contribution < -0.4 is 0 Å². The van der Waals surface area contributed by atoms with E-state index >= 15 is 0 Å². The standard InChI is InChI=1S/C18H28O/c1-6-12-18(13-7-1)16-10-4-2-8-14(16)15-9-3-5-11-17(15)19-18/h8,15-17H,1-7,9-13H2/t15-,16-,17+/m1/s1. The van der Waals surface area contributed by atoms with Gasteiger partial charge in [-0.25, -0.2) is 0 Å². The van der Waals surface area contributed by atoms with Gasteiger partial charge in [-0.15, -0.1) is 0 Å². The first-order chi connectivity index (χ1) is 9.39. The van der Waals surface area contributed by atoms with Crippen LogP contribution in [0, 0.1) is 11.8 Å². The van der Waals surface area contributed by atoms with Crippen LogP contribution in [0.4, 0.5) is 0 Å². The molecule has 3 atom stereocenters. The molecule has 4 aliphatic rings. The summed E-state index contributed by atoms with van der Waals surface area (Å²) in [5, 5.41) is 0. The van der Waals surface area contributed by atoms with Gasteiger partial charge in [0.2, 0.25) is 0 Å². The van der Waals surface area contributed by atoms with Gasteiger partial charge in [-0.3, -0.25) is 0 Å². The van der Waals surface area contributed by atoms with Gasteiger partial charge in [-0.2, -0.15) is 0 Å². The van der Waals surface area contributed by atoms with E-state index in [2.05, 4.69) is 6.08 Å².